The minimum atomic E-state index is -4.00. The van der Waals surface area contributed by atoms with Crippen LogP contribution in [0.25, 0.3) is 10.4 Å². The number of nitro groups is 1. The average molecular weight is 403 g/mol. The summed E-state index contributed by atoms with van der Waals surface area (Å²) in [5.74, 6) is 0. The van der Waals surface area contributed by atoms with Gasteiger partial charge in [0.15, 0.2) is 4.90 Å². The fourth-order valence-corrected chi connectivity index (χ4v) is 3.04. The smallest absolute Gasteiger partial charge is 0.289 e. The molecule has 0 unspecified atom stereocenters. The van der Waals surface area contributed by atoms with Crippen LogP contribution < -0.4 is 4.72 Å². The molecule has 0 aliphatic rings. The molecule has 0 radical (unpaired) electrons. The zero-order valence-corrected chi connectivity index (χ0v) is 15.3. The van der Waals surface area contributed by atoms with Crippen molar-refractivity contribution in [2.75, 3.05) is 52.7 Å². The second-order valence-corrected chi connectivity index (χ2v) is 6.65. The van der Waals surface area contributed by atoms with Crippen molar-refractivity contribution in [2.45, 2.75) is 4.90 Å². The van der Waals surface area contributed by atoms with E-state index in [1.165, 1.54) is 18.2 Å². The third-order valence-electron chi connectivity index (χ3n) is 3.03. The summed E-state index contributed by atoms with van der Waals surface area (Å²) in [5, 5.41) is 14.2. The molecule has 13 heteroatoms. The molecule has 0 atom stereocenters. The predicted octanol–water partition coefficient (Wildman–Crippen LogP) is 1.23. The number of benzene rings is 1. The molecule has 1 aromatic carbocycles. The molecule has 27 heavy (non-hydrogen) atoms. The summed E-state index contributed by atoms with van der Waals surface area (Å²) in [7, 11) is -4.00. The second-order valence-electron chi connectivity index (χ2n) is 4.91. The van der Waals surface area contributed by atoms with Crippen LogP contribution in [-0.2, 0) is 24.2 Å². The highest BCUT2D eigenvalue weighted by Gasteiger charge is 2.24. The number of hydrogen-bond donors (Lipinski definition) is 1. The summed E-state index contributed by atoms with van der Waals surface area (Å²) in [6.07, 6.45) is 0. The van der Waals surface area contributed by atoms with E-state index in [9.17, 15) is 18.5 Å². The van der Waals surface area contributed by atoms with Crippen LogP contribution in [0.1, 0.15) is 0 Å². The number of azide groups is 1. The van der Waals surface area contributed by atoms with Crippen molar-refractivity contribution in [3.63, 3.8) is 0 Å². The van der Waals surface area contributed by atoms with Crippen molar-refractivity contribution >= 4 is 15.7 Å². The fraction of sp³-hybridized carbons (Fsp3) is 0.571. The number of nitro benzene ring substituents is 1. The average Bonchev–Trinajstić information content (AvgIpc) is 2.65. The lowest BCUT2D eigenvalue weighted by atomic mass is 10.3. The van der Waals surface area contributed by atoms with Crippen LogP contribution in [0.15, 0.2) is 34.3 Å². The molecular weight excluding hydrogens is 382 g/mol. The Kier molecular flexibility index (Phi) is 10.9. The Hall–Kier alpha value is -2.28. The minimum Gasteiger partial charge on any atom is -0.379 e. The quantitative estimate of drug-likeness (QED) is 0.115. The van der Waals surface area contributed by atoms with Crippen LogP contribution in [0.3, 0.4) is 0 Å². The van der Waals surface area contributed by atoms with E-state index in [2.05, 4.69) is 14.7 Å². The van der Waals surface area contributed by atoms with Gasteiger partial charge in [0.05, 0.1) is 44.6 Å². The maximum atomic E-state index is 12.1. The number of para-hydroxylation sites is 1. The number of hydrogen-bond acceptors (Lipinski definition) is 8. The minimum absolute atomic E-state index is 0.0308. The standard InChI is InChI=1S/C14H21N5O7S/c15-18-16-5-7-24-9-11-26-12-10-25-8-6-17-27(22,23)14-4-2-1-3-13(14)19(20)21/h1-4,17H,5-12H2. The van der Waals surface area contributed by atoms with Crippen molar-refractivity contribution in [2.24, 2.45) is 5.11 Å². The van der Waals surface area contributed by atoms with Crippen molar-refractivity contribution < 1.29 is 27.6 Å². The zero-order chi connectivity index (χ0) is 20.0. The monoisotopic (exact) mass is 403 g/mol. The van der Waals surface area contributed by atoms with E-state index in [0.717, 1.165) is 6.07 Å². The lowest BCUT2D eigenvalue weighted by Gasteiger charge is -2.08. The van der Waals surface area contributed by atoms with Gasteiger partial charge < -0.3 is 14.2 Å². The molecule has 0 spiro atoms. The molecule has 0 fully saturated rings. The first kappa shape index (κ1) is 22.8. The van der Waals surface area contributed by atoms with E-state index in [-0.39, 0.29) is 26.3 Å². The van der Waals surface area contributed by atoms with Crippen LogP contribution in [0, 0.1) is 10.1 Å². The summed E-state index contributed by atoms with van der Waals surface area (Å²) in [6.45, 7) is 1.91. The Morgan fingerprint density at radius 1 is 1.07 bits per heavy atom. The Bertz CT molecular complexity index is 737. The molecule has 0 saturated carbocycles. The Morgan fingerprint density at radius 3 is 2.30 bits per heavy atom. The van der Waals surface area contributed by atoms with Crippen molar-refractivity contribution in [1.82, 2.24) is 4.72 Å². The van der Waals surface area contributed by atoms with Gasteiger partial charge in [0.1, 0.15) is 0 Å². The Labute approximate surface area is 156 Å². The van der Waals surface area contributed by atoms with E-state index in [0.29, 0.717) is 26.4 Å². The van der Waals surface area contributed by atoms with Crippen LogP contribution in [0.4, 0.5) is 5.69 Å². The lowest BCUT2D eigenvalue weighted by molar-refractivity contribution is -0.387. The van der Waals surface area contributed by atoms with E-state index in [4.69, 9.17) is 19.7 Å². The number of ether oxygens (including phenoxy) is 3. The summed E-state index contributed by atoms with van der Waals surface area (Å²) in [4.78, 5) is 12.4. The van der Waals surface area contributed by atoms with Gasteiger partial charge in [-0.05, 0) is 11.6 Å². The summed E-state index contributed by atoms with van der Waals surface area (Å²) < 4.78 is 42.1. The van der Waals surface area contributed by atoms with Crippen LogP contribution in [-0.4, -0.2) is 66.1 Å². The Morgan fingerprint density at radius 2 is 1.67 bits per heavy atom. The maximum Gasteiger partial charge on any atom is 0.289 e. The molecular formula is C14H21N5O7S. The highest BCUT2D eigenvalue weighted by Crippen LogP contribution is 2.22. The van der Waals surface area contributed by atoms with Crippen molar-refractivity contribution in [1.29, 1.82) is 0 Å². The van der Waals surface area contributed by atoms with Gasteiger partial charge in [0.2, 0.25) is 10.0 Å². The number of rotatable bonds is 15. The van der Waals surface area contributed by atoms with Crippen LogP contribution in [0.5, 0.6) is 0 Å². The van der Waals surface area contributed by atoms with E-state index < -0.39 is 25.5 Å². The molecule has 0 aromatic heterocycles. The summed E-state index contributed by atoms with van der Waals surface area (Å²) in [5.41, 5.74) is 7.58. The number of nitrogens with zero attached hydrogens (tertiary/aromatic N) is 4. The van der Waals surface area contributed by atoms with Gasteiger partial charge in [0.25, 0.3) is 5.69 Å². The highest BCUT2D eigenvalue weighted by molar-refractivity contribution is 7.89. The van der Waals surface area contributed by atoms with E-state index in [1.54, 1.807) is 0 Å². The molecule has 150 valence electrons. The van der Waals surface area contributed by atoms with Gasteiger partial charge in [-0.2, -0.15) is 0 Å². The number of sulfonamides is 1. The second kappa shape index (κ2) is 13.0. The SMILES string of the molecule is [N-]=[N+]=NCCOCCOCCOCCNS(=O)(=O)c1ccccc1[N+](=O)[O-]. The third kappa shape index (κ3) is 9.28. The van der Waals surface area contributed by atoms with E-state index >= 15 is 0 Å². The van der Waals surface area contributed by atoms with Gasteiger partial charge in [-0.25, -0.2) is 13.1 Å². The number of nitrogens with one attached hydrogen (secondary N) is 1. The molecule has 0 saturated heterocycles. The maximum absolute atomic E-state index is 12.1. The van der Waals surface area contributed by atoms with Crippen molar-refractivity contribution in [3.05, 3.63) is 44.8 Å². The molecule has 0 aliphatic carbocycles. The zero-order valence-electron chi connectivity index (χ0n) is 14.5. The molecule has 0 amide bonds. The first-order chi connectivity index (χ1) is 13.0. The molecule has 1 aromatic rings. The summed E-state index contributed by atoms with van der Waals surface area (Å²) in [6, 6.07) is 5.11. The van der Waals surface area contributed by atoms with Gasteiger partial charge >= 0.3 is 0 Å². The molecule has 0 bridgehead atoms. The first-order valence-electron chi connectivity index (χ1n) is 7.96. The molecule has 1 N–H and O–H groups in total. The van der Waals surface area contributed by atoms with Gasteiger partial charge in [0, 0.05) is 24.1 Å². The van der Waals surface area contributed by atoms with Gasteiger partial charge in [-0.1, -0.05) is 17.2 Å². The van der Waals surface area contributed by atoms with Crippen molar-refractivity contribution in [3.8, 4) is 0 Å². The molecule has 12 nitrogen and oxygen atoms in total. The lowest BCUT2D eigenvalue weighted by Crippen LogP contribution is -2.28. The van der Waals surface area contributed by atoms with Crippen LogP contribution in [0.2, 0.25) is 0 Å². The summed E-state index contributed by atoms with van der Waals surface area (Å²) >= 11 is 0. The fourth-order valence-electron chi connectivity index (χ4n) is 1.85. The van der Waals surface area contributed by atoms with E-state index in [1.807, 2.05) is 0 Å². The van der Waals surface area contributed by atoms with Crippen LogP contribution >= 0.6 is 0 Å². The first-order valence-corrected chi connectivity index (χ1v) is 9.44. The molecule has 0 heterocycles. The normalized spacial score (nSPS) is 11.1. The van der Waals surface area contributed by atoms with Gasteiger partial charge in [-0.3, -0.25) is 10.1 Å². The topological polar surface area (TPSA) is 166 Å². The van der Waals surface area contributed by atoms with Gasteiger partial charge in [-0.15, -0.1) is 0 Å². The highest BCUT2D eigenvalue weighted by atomic mass is 32.2. The third-order valence-corrected chi connectivity index (χ3v) is 4.54. The largest absolute Gasteiger partial charge is 0.379 e. The molecule has 0 aliphatic heterocycles. The Balaban J connectivity index is 2.14. The molecule has 1 rings (SSSR count). The predicted molar refractivity (Wildman–Crippen MR) is 94.8 cm³/mol.